The molecule has 1 aromatic rings. The van der Waals surface area contributed by atoms with Crippen molar-refractivity contribution >= 4 is 10.0 Å². The van der Waals surface area contributed by atoms with Crippen molar-refractivity contribution in [3.05, 3.63) is 29.3 Å². The van der Waals surface area contributed by atoms with E-state index in [1.165, 1.54) is 6.07 Å². The fraction of sp³-hybridized carbons (Fsp3) is 0.533. The Labute approximate surface area is 126 Å². The lowest BCUT2D eigenvalue weighted by molar-refractivity contribution is 0.296. The molecule has 0 amide bonds. The number of nitriles is 1. The molecule has 0 aromatic heterocycles. The average molecular weight is 307 g/mol. The quantitative estimate of drug-likeness (QED) is 0.884. The van der Waals surface area contributed by atoms with Gasteiger partial charge in [0, 0.05) is 6.04 Å². The van der Waals surface area contributed by atoms with Crippen LogP contribution >= 0.6 is 0 Å². The van der Waals surface area contributed by atoms with Gasteiger partial charge in [-0.2, -0.15) is 5.26 Å². The van der Waals surface area contributed by atoms with Crippen LogP contribution in [0.15, 0.2) is 23.1 Å². The first-order chi connectivity index (χ1) is 9.97. The average Bonchev–Trinajstić information content (AvgIpc) is 2.47. The van der Waals surface area contributed by atoms with Gasteiger partial charge in [0.25, 0.3) is 0 Å². The molecule has 0 radical (unpaired) electrons. The van der Waals surface area contributed by atoms with Crippen LogP contribution in [0.1, 0.15) is 36.8 Å². The lowest BCUT2D eigenvalue weighted by Crippen LogP contribution is -2.44. The van der Waals surface area contributed by atoms with Crippen LogP contribution in [0, 0.1) is 24.2 Å². The third-order valence-corrected chi connectivity index (χ3v) is 5.76. The molecule has 1 fully saturated rings. The summed E-state index contributed by atoms with van der Waals surface area (Å²) in [6, 6.07) is 6.58. The SMILES string of the molecule is Cc1ccc(C#N)cc1S(=O)(=O)NC1CCCCC1CN. The maximum absolute atomic E-state index is 12.6. The molecule has 21 heavy (non-hydrogen) atoms. The van der Waals surface area contributed by atoms with Gasteiger partial charge in [-0.25, -0.2) is 13.1 Å². The van der Waals surface area contributed by atoms with Crippen molar-refractivity contribution in [2.24, 2.45) is 11.7 Å². The third kappa shape index (κ3) is 3.62. The number of sulfonamides is 1. The van der Waals surface area contributed by atoms with Crippen LogP contribution in [0.25, 0.3) is 0 Å². The molecule has 2 unspecified atom stereocenters. The molecule has 6 heteroatoms. The van der Waals surface area contributed by atoms with Gasteiger partial charge >= 0.3 is 0 Å². The lowest BCUT2D eigenvalue weighted by atomic mass is 9.85. The molecule has 0 aliphatic heterocycles. The molecule has 1 aromatic carbocycles. The summed E-state index contributed by atoms with van der Waals surface area (Å²) in [7, 11) is -3.62. The summed E-state index contributed by atoms with van der Waals surface area (Å²) in [5.74, 6) is 0.188. The van der Waals surface area contributed by atoms with Gasteiger partial charge in [-0.1, -0.05) is 18.9 Å². The molecule has 3 N–H and O–H groups in total. The monoisotopic (exact) mass is 307 g/mol. The highest BCUT2D eigenvalue weighted by Crippen LogP contribution is 2.26. The smallest absolute Gasteiger partial charge is 0.241 e. The summed E-state index contributed by atoms with van der Waals surface area (Å²) in [5, 5.41) is 8.94. The van der Waals surface area contributed by atoms with E-state index < -0.39 is 10.0 Å². The second kappa shape index (κ2) is 6.56. The van der Waals surface area contributed by atoms with E-state index >= 15 is 0 Å². The molecule has 1 aliphatic rings. The van der Waals surface area contributed by atoms with Gasteiger partial charge in [-0.15, -0.1) is 0 Å². The maximum Gasteiger partial charge on any atom is 0.241 e. The van der Waals surface area contributed by atoms with Crippen molar-refractivity contribution in [2.45, 2.75) is 43.5 Å². The molecular weight excluding hydrogens is 286 g/mol. The second-order valence-electron chi connectivity index (χ2n) is 5.60. The first kappa shape index (κ1) is 16.0. The highest BCUT2D eigenvalue weighted by molar-refractivity contribution is 7.89. The van der Waals surface area contributed by atoms with Gasteiger partial charge in [0.15, 0.2) is 0 Å². The minimum absolute atomic E-state index is 0.112. The Bertz CT molecular complexity index is 649. The van der Waals surface area contributed by atoms with Crippen LogP contribution in [0.2, 0.25) is 0 Å². The summed E-state index contributed by atoms with van der Waals surface area (Å²) >= 11 is 0. The number of nitrogens with zero attached hydrogens (tertiary/aromatic N) is 1. The normalized spacial score (nSPS) is 22.7. The first-order valence-corrected chi connectivity index (χ1v) is 8.69. The summed E-state index contributed by atoms with van der Waals surface area (Å²) < 4.78 is 28.0. The summed E-state index contributed by atoms with van der Waals surface area (Å²) in [6.45, 7) is 2.22. The van der Waals surface area contributed by atoms with E-state index in [2.05, 4.69) is 4.72 Å². The third-order valence-electron chi connectivity index (χ3n) is 4.13. The van der Waals surface area contributed by atoms with E-state index in [0.717, 1.165) is 25.7 Å². The zero-order chi connectivity index (χ0) is 15.5. The zero-order valence-corrected chi connectivity index (χ0v) is 13.0. The Hall–Kier alpha value is -1.42. The summed E-state index contributed by atoms with van der Waals surface area (Å²) in [6.07, 6.45) is 3.89. The highest BCUT2D eigenvalue weighted by Gasteiger charge is 2.29. The predicted molar refractivity (Wildman–Crippen MR) is 81.0 cm³/mol. The van der Waals surface area contributed by atoms with Crippen LogP contribution in [0.4, 0.5) is 0 Å². The fourth-order valence-corrected chi connectivity index (χ4v) is 4.48. The van der Waals surface area contributed by atoms with E-state index in [1.807, 2.05) is 6.07 Å². The Kier molecular flexibility index (Phi) is 4.99. The molecule has 114 valence electrons. The van der Waals surface area contributed by atoms with Crippen LogP contribution in [0.3, 0.4) is 0 Å². The second-order valence-corrected chi connectivity index (χ2v) is 7.28. The van der Waals surface area contributed by atoms with Crippen molar-refractivity contribution in [1.29, 1.82) is 5.26 Å². The molecule has 1 aliphatic carbocycles. The lowest BCUT2D eigenvalue weighted by Gasteiger charge is -2.31. The van der Waals surface area contributed by atoms with E-state index in [1.54, 1.807) is 19.1 Å². The van der Waals surface area contributed by atoms with Gasteiger partial charge in [-0.3, -0.25) is 0 Å². The molecule has 0 bridgehead atoms. The minimum atomic E-state index is -3.62. The Balaban J connectivity index is 2.28. The van der Waals surface area contributed by atoms with Gasteiger partial charge in [0.05, 0.1) is 16.5 Å². The van der Waals surface area contributed by atoms with Gasteiger partial charge in [-0.05, 0) is 49.9 Å². The molecule has 2 rings (SSSR count). The Morgan fingerprint density at radius 2 is 2.10 bits per heavy atom. The summed E-state index contributed by atoms with van der Waals surface area (Å²) in [5.41, 5.74) is 6.74. The van der Waals surface area contributed by atoms with Crippen LogP contribution in [-0.4, -0.2) is 21.0 Å². The molecule has 0 saturated heterocycles. The minimum Gasteiger partial charge on any atom is -0.330 e. The molecule has 5 nitrogen and oxygen atoms in total. The van der Waals surface area contributed by atoms with Crippen LogP contribution in [0.5, 0.6) is 0 Å². The van der Waals surface area contributed by atoms with Crippen molar-refractivity contribution in [3.8, 4) is 6.07 Å². The topological polar surface area (TPSA) is 96.0 Å². The zero-order valence-electron chi connectivity index (χ0n) is 12.2. The summed E-state index contributed by atoms with van der Waals surface area (Å²) in [4.78, 5) is 0.183. The number of rotatable bonds is 4. The fourth-order valence-electron chi connectivity index (χ4n) is 2.87. The molecule has 0 heterocycles. The van der Waals surface area contributed by atoms with Gasteiger partial charge in [0.2, 0.25) is 10.0 Å². The van der Waals surface area contributed by atoms with E-state index in [4.69, 9.17) is 11.0 Å². The number of nitrogens with two attached hydrogens (primary N) is 1. The number of hydrogen-bond acceptors (Lipinski definition) is 4. The first-order valence-electron chi connectivity index (χ1n) is 7.21. The largest absolute Gasteiger partial charge is 0.330 e. The van der Waals surface area contributed by atoms with Crippen molar-refractivity contribution in [1.82, 2.24) is 4.72 Å². The van der Waals surface area contributed by atoms with E-state index in [9.17, 15) is 8.42 Å². The van der Waals surface area contributed by atoms with Crippen LogP contribution in [-0.2, 0) is 10.0 Å². The molecule has 2 atom stereocenters. The van der Waals surface area contributed by atoms with Crippen molar-refractivity contribution in [3.63, 3.8) is 0 Å². The highest BCUT2D eigenvalue weighted by atomic mass is 32.2. The van der Waals surface area contributed by atoms with Gasteiger partial charge < -0.3 is 5.73 Å². The van der Waals surface area contributed by atoms with Crippen molar-refractivity contribution < 1.29 is 8.42 Å². The number of nitrogens with one attached hydrogen (secondary N) is 1. The number of aryl methyl sites for hydroxylation is 1. The molecule has 0 spiro atoms. The molecule has 1 saturated carbocycles. The van der Waals surface area contributed by atoms with E-state index in [-0.39, 0.29) is 16.9 Å². The predicted octanol–water partition coefficient (Wildman–Crippen LogP) is 1.66. The maximum atomic E-state index is 12.6. The Morgan fingerprint density at radius 3 is 2.76 bits per heavy atom. The van der Waals surface area contributed by atoms with Gasteiger partial charge in [0.1, 0.15) is 0 Å². The number of hydrogen-bond donors (Lipinski definition) is 2. The number of benzene rings is 1. The van der Waals surface area contributed by atoms with E-state index in [0.29, 0.717) is 17.7 Å². The van der Waals surface area contributed by atoms with Crippen LogP contribution < -0.4 is 10.5 Å². The molecular formula is C15H21N3O2S. The standard InChI is InChI=1S/C15H21N3O2S/c1-11-6-7-12(9-16)8-15(11)21(19,20)18-14-5-3-2-4-13(14)10-17/h6-8,13-14,18H,2-5,10,17H2,1H3. The Morgan fingerprint density at radius 1 is 1.38 bits per heavy atom. The van der Waals surface area contributed by atoms with Crippen molar-refractivity contribution in [2.75, 3.05) is 6.54 Å².